The number of rotatable bonds is 2. The van der Waals surface area contributed by atoms with Gasteiger partial charge in [0, 0.05) is 19.5 Å². The molecule has 1 aromatic carbocycles. The fraction of sp³-hybridized carbons (Fsp3) is 0.533. The zero-order chi connectivity index (χ0) is 15.0. The Labute approximate surface area is 121 Å². The van der Waals surface area contributed by atoms with E-state index in [1.807, 2.05) is 35.9 Å². The summed E-state index contributed by atoms with van der Waals surface area (Å²) in [5.41, 5.74) is 1.78. The first-order chi connectivity index (χ1) is 9.97. The summed E-state index contributed by atoms with van der Waals surface area (Å²) in [7, 11) is 1.86. The lowest BCUT2D eigenvalue weighted by Gasteiger charge is -2.33. The van der Waals surface area contributed by atoms with Crippen molar-refractivity contribution in [3.8, 4) is 0 Å². The minimum atomic E-state index is -4.15. The van der Waals surface area contributed by atoms with Gasteiger partial charge in [-0.3, -0.25) is 0 Å². The quantitative estimate of drug-likeness (QED) is 0.923. The Morgan fingerprint density at radius 2 is 2.10 bits per heavy atom. The molecule has 3 nitrogen and oxygen atoms in total. The molecule has 1 aliphatic heterocycles. The molecule has 0 amide bonds. The molecule has 0 radical (unpaired) electrons. The van der Waals surface area contributed by atoms with Crippen LogP contribution in [0.3, 0.4) is 0 Å². The molecule has 2 unspecified atom stereocenters. The molecule has 0 spiro atoms. The van der Waals surface area contributed by atoms with Crippen molar-refractivity contribution < 1.29 is 13.2 Å². The van der Waals surface area contributed by atoms with Crippen LogP contribution in [-0.2, 0) is 13.5 Å². The number of piperidine rings is 1. The molecule has 0 saturated carbocycles. The number of aryl methyl sites for hydroxylation is 1. The van der Waals surface area contributed by atoms with Gasteiger partial charge in [0.15, 0.2) is 0 Å². The molecule has 2 heterocycles. The maximum absolute atomic E-state index is 13.1. The summed E-state index contributed by atoms with van der Waals surface area (Å²) in [6.07, 6.45) is -3.08. The number of nitrogens with zero attached hydrogens (tertiary/aromatic N) is 2. The average Bonchev–Trinajstić information content (AvgIpc) is 2.76. The lowest BCUT2D eigenvalue weighted by atomic mass is 9.88. The van der Waals surface area contributed by atoms with Crippen molar-refractivity contribution in [1.29, 1.82) is 0 Å². The predicted octanol–water partition coefficient (Wildman–Crippen LogP) is 3.05. The van der Waals surface area contributed by atoms with Gasteiger partial charge in [0.2, 0.25) is 0 Å². The smallest absolute Gasteiger partial charge is 0.331 e. The lowest BCUT2D eigenvalue weighted by molar-refractivity contribution is -0.188. The van der Waals surface area contributed by atoms with E-state index in [1.54, 1.807) is 0 Å². The number of hydrogen-bond acceptors (Lipinski definition) is 2. The SMILES string of the molecule is Cn1c(CC2NCCCC2C(F)(F)F)nc2ccccc21. The minimum Gasteiger partial charge on any atom is -0.331 e. The fourth-order valence-corrected chi connectivity index (χ4v) is 3.13. The lowest BCUT2D eigenvalue weighted by Crippen LogP contribution is -2.49. The molecule has 2 atom stereocenters. The van der Waals surface area contributed by atoms with Crippen molar-refractivity contribution in [1.82, 2.24) is 14.9 Å². The number of hydrogen-bond donors (Lipinski definition) is 1. The van der Waals surface area contributed by atoms with E-state index >= 15 is 0 Å². The van der Waals surface area contributed by atoms with Crippen LogP contribution in [0.1, 0.15) is 18.7 Å². The van der Waals surface area contributed by atoms with Gasteiger partial charge in [-0.1, -0.05) is 12.1 Å². The van der Waals surface area contributed by atoms with Crippen LogP contribution in [0.25, 0.3) is 11.0 Å². The molecule has 114 valence electrons. The van der Waals surface area contributed by atoms with Gasteiger partial charge in [-0.05, 0) is 31.5 Å². The molecule has 0 aliphatic carbocycles. The molecular formula is C15H18F3N3. The minimum absolute atomic E-state index is 0.200. The van der Waals surface area contributed by atoms with Gasteiger partial charge in [0.1, 0.15) is 5.82 Å². The number of nitrogens with one attached hydrogen (secondary N) is 1. The highest BCUT2D eigenvalue weighted by Crippen LogP contribution is 2.35. The van der Waals surface area contributed by atoms with Gasteiger partial charge >= 0.3 is 6.18 Å². The Bertz CT molecular complexity index is 633. The third kappa shape index (κ3) is 2.77. The zero-order valence-corrected chi connectivity index (χ0v) is 11.8. The number of aromatic nitrogens is 2. The Balaban J connectivity index is 1.88. The summed E-state index contributed by atoms with van der Waals surface area (Å²) in [6, 6.07) is 7.02. The Morgan fingerprint density at radius 3 is 2.81 bits per heavy atom. The van der Waals surface area contributed by atoms with Gasteiger partial charge in [-0.15, -0.1) is 0 Å². The van der Waals surface area contributed by atoms with Crippen molar-refractivity contribution in [2.75, 3.05) is 6.54 Å². The second kappa shape index (κ2) is 5.33. The summed E-state index contributed by atoms with van der Waals surface area (Å²) in [6.45, 7) is 0.640. The van der Waals surface area contributed by atoms with Crippen LogP contribution >= 0.6 is 0 Å². The summed E-state index contributed by atoms with van der Waals surface area (Å²) in [5.74, 6) is -0.587. The first kappa shape index (κ1) is 14.4. The van der Waals surface area contributed by atoms with Crippen LogP contribution in [0.5, 0.6) is 0 Å². The van der Waals surface area contributed by atoms with Crippen molar-refractivity contribution in [3.63, 3.8) is 0 Å². The van der Waals surface area contributed by atoms with E-state index in [-0.39, 0.29) is 6.42 Å². The number of imidazole rings is 1. The molecule has 21 heavy (non-hydrogen) atoms. The molecule has 0 bridgehead atoms. The molecular weight excluding hydrogens is 279 g/mol. The maximum atomic E-state index is 13.1. The summed E-state index contributed by atoms with van der Waals surface area (Å²) >= 11 is 0. The second-order valence-corrected chi connectivity index (χ2v) is 5.63. The van der Waals surface area contributed by atoms with E-state index in [9.17, 15) is 13.2 Å². The summed E-state index contributed by atoms with van der Waals surface area (Å²) in [5, 5.41) is 3.02. The van der Waals surface area contributed by atoms with E-state index in [0.717, 1.165) is 11.0 Å². The maximum Gasteiger partial charge on any atom is 0.393 e. The highest BCUT2D eigenvalue weighted by atomic mass is 19.4. The molecule has 6 heteroatoms. The van der Waals surface area contributed by atoms with Crippen molar-refractivity contribution >= 4 is 11.0 Å². The van der Waals surface area contributed by atoms with Gasteiger partial charge in [-0.25, -0.2) is 4.98 Å². The van der Waals surface area contributed by atoms with Gasteiger partial charge in [-0.2, -0.15) is 13.2 Å². The molecule has 1 aliphatic rings. The van der Waals surface area contributed by atoms with Gasteiger partial charge < -0.3 is 9.88 Å². The van der Waals surface area contributed by atoms with Crippen molar-refractivity contribution in [2.24, 2.45) is 13.0 Å². The normalized spacial score (nSPS) is 23.6. The fourth-order valence-electron chi connectivity index (χ4n) is 3.13. The molecule has 3 rings (SSSR count). The summed E-state index contributed by atoms with van der Waals surface area (Å²) in [4.78, 5) is 4.48. The summed E-state index contributed by atoms with van der Waals surface area (Å²) < 4.78 is 41.3. The van der Waals surface area contributed by atoms with E-state index in [0.29, 0.717) is 25.2 Å². The third-order valence-corrected chi connectivity index (χ3v) is 4.29. The molecule has 1 saturated heterocycles. The molecule has 1 aromatic heterocycles. The van der Waals surface area contributed by atoms with E-state index in [4.69, 9.17) is 0 Å². The number of alkyl halides is 3. The number of fused-ring (bicyclic) bond motifs is 1. The number of halogens is 3. The highest BCUT2D eigenvalue weighted by molar-refractivity contribution is 5.75. The standard InChI is InChI=1S/C15H18F3N3/c1-21-13-7-3-2-6-11(13)20-14(21)9-12-10(15(16,17)18)5-4-8-19-12/h2-3,6-7,10,12,19H,4-5,8-9H2,1H3. The predicted molar refractivity (Wildman–Crippen MR) is 75.0 cm³/mol. The van der Waals surface area contributed by atoms with Crippen molar-refractivity contribution in [3.05, 3.63) is 30.1 Å². The number of para-hydroxylation sites is 2. The largest absolute Gasteiger partial charge is 0.393 e. The topological polar surface area (TPSA) is 29.9 Å². The highest BCUT2D eigenvalue weighted by Gasteiger charge is 2.45. The van der Waals surface area contributed by atoms with Crippen LogP contribution in [0, 0.1) is 5.92 Å². The average molecular weight is 297 g/mol. The Morgan fingerprint density at radius 1 is 1.33 bits per heavy atom. The number of benzene rings is 1. The first-order valence-corrected chi connectivity index (χ1v) is 7.17. The second-order valence-electron chi connectivity index (χ2n) is 5.63. The first-order valence-electron chi connectivity index (χ1n) is 7.17. The van der Waals surface area contributed by atoms with E-state index in [2.05, 4.69) is 10.3 Å². The monoisotopic (exact) mass is 297 g/mol. The Hall–Kier alpha value is -1.56. The Kier molecular flexibility index (Phi) is 3.65. The van der Waals surface area contributed by atoms with Crippen LogP contribution in [0.2, 0.25) is 0 Å². The van der Waals surface area contributed by atoms with Crippen molar-refractivity contribution in [2.45, 2.75) is 31.5 Å². The molecule has 2 aromatic rings. The zero-order valence-electron chi connectivity index (χ0n) is 11.8. The third-order valence-electron chi connectivity index (χ3n) is 4.29. The molecule has 1 N–H and O–H groups in total. The van der Waals surface area contributed by atoms with Crippen LogP contribution in [0.4, 0.5) is 13.2 Å². The van der Waals surface area contributed by atoms with E-state index < -0.39 is 18.1 Å². The van der Waals surface area contributed by atoms with Crippen LogP contribution in [-0.4, -0.2) is 28.3 Å². The van der Waals surface area contributed by atoms with E-state index in [1.165, 1.54) is 0 Å². The molecule has 1 fully saturated rings. The van der Waals surface area contributed by atoms with Gasteiger partial charge in [0.05, 0.1) is 17.0 Å². The van der Waals surface area contributed by atoms with Crippen LogP contribution in [0.15, 0.2) is 24.3 Å². The van der Waals surface area contributed by atoms with Crippen LogP contribution < -0.4 is 5.32 Å². The van der Waals surface area contributed by atoms with Gasteiger partial charge in [0.25, 0.3) is 0 Å².